The highest BCUT2D eigenvalue weighted by atomic mass is 16.5. The normalized spacial score (nSPS) is 9.00. The zero-order chi connectivity index (χ0) is 14.5. The van der Waals surface area contributed by atoms with Crippen LogP contribution in [0.25, 0.3) is 0 Å². The van der Waals surface area contributed by atoms with E-state index in [-0.39, 0.29) is 19.8 Å². The molecule has 6 heteroatoms. The van der Waals surface area contributed by atoms with Crippen molar-refractivity contribution < 1.29 is 29.5 Å². The summed E-state index contributed by atoms with van der Waals surface area (Å²) >= 11 is 0. The maximum atomic E-state index is 8.26. The Hall–Kier alpha value is -0.240. The van der Waals surface area contributed by atoms with E-state index >= 15 is 0 Å². The van der Waals surface area contributed by atoms with E-state index in [4.69, 9.17) is 29.5 Å². The molecule has 0 radical (unpaired) electrons. The summed E-state index contributed by atoms with van der Waals surface area (Å²) in [5.41, 5.74) is 0. The van der Waals surface area contributed by atoms with Gasteiger partial charge in [-0.1, -0.05) is 0 Å². The maximum absolute atomic E-state index is 8.26. The van der Waals surface area contributed by atoms with Gasteiger partial charge in [0.15, 0.2) is 0 Å². The van der Waals surface area contributed by atoms with Gasteiger partial charge in [0.05, 0.1) is 39.6 Å². The van der Waals surface area contributed by atoms with Crippen molar-refractivity contribution in [3.05, 3.63) is 0 Å². The molecule has 18 heavy (non-hydrogen) atoms. The summed E-state index contributed by atoms with van der Waals surface area (Å²) in [5, 5.41) is 23.9. The SMILES string of the molecule is CCO.CCOCCO.CCOCCOCCO. The van der Waals surface area contributed by atoms with E-state index in [1.807, 2.05) is 13.8 Å². The lowest BCUT2D eigenvalue weighted by Crippen LogP contribution is -2.06. The van der Waals surface area contributed by atoms with Crippen molar-refractivity contribution in [1.29, 1.82) is 0 Å². The maximum Gasteiger partial charge on any atom is 0.0701 e. The molecule has 0 aliphatic carbocycles. The molecule has 0 aromatic carbocycles. The second-order valence-corrected chi connectivity index (χ2v) is 2.77. The monoisotopic (exact) mass is 270 g/mol. The Labute approximate surface area is 110 Å². The Bertz CT molecular complexity index is 92.6. The summed E-state index contributed by atoms with van der Waals surface area (Å²) in [5.74, 6) is 0. The molecule has 0 aromatic rings. The zero-order valence-corrected chi connectivity index (χ0v) is 11.9. The summed E-state index contributed by atoms with van der Waals surface area (Å²) in [6.07, 6.45) is 0. The highest BCUT2D eigenvalue weighted by Gasteiger charge is 1.84. The Morgan fingerprint density at radius 1 is 0.611 bits per heavy atom. The average molecular weight is 270 g/mol. The first-order valence-corrected chi connectivity index (χ1v) is 6.30. The molecule has 0 atom stereocenters. The first-order chi connectivity index (χ1) is 8.74. The van der Waals surface area contributed by atoms with Crippen molar-refractivity contribution >= 4 is 0 Å². The van der Waals surface area contributed by atoms with E-state index in [9.17, 15) is 0 Å². The fourth-order valence-corrected chi connectivity index (χ4v) is 0.638. The van der Waals surface area contributed by atoms with Gasteiger partial charge in [0.2, 0.25) is 0 Å². The standard InChI is InChI=1S/C6H14O3.C4H10O2.C2H6O/c1-2-8-5-6-9-4-3-7;1-2-6-4-3-5;1-2-3/h7H,2-6H2,1H3;5H,2-4H2,1H3;3H,2H2,1H3. The second kappa shape index (κ2) is 30.1. The third kappa shape index (κ3) is 44.7. The predicted octanol–water partition coefficient (Wildman–Crippen LogP) is 0.0456. The highest BCUT2D eigenvalue weighted by Crippen LogP contribution is 1.76. The molecule has 6 nitrogen and oxygen atoms in total. The van der Waals surface area contributed by atoms with E-state index in [0.29, 0.717) is 33.0 Å². The van der Waals surface area contributed by atoms with Gasteiger partial charge in [-0.3, -0.25) is 0 Å². The van der Waals surface area contributed by atoms with Crippen LogP contribution in [0.3, 0.4) is 0 Å². The van der Waals surface area contributed by atoms with Gasteiger partial charge in [-0.05, 0) is 20.8 Å². The Kier molecular flexibility index (Phi) is 38.3. The lowest BCUT2D eigenvalue weighted by atomic mass is 10.7. The van der Waals surface area contributed by atoms with Crippen LogP contribution in [-0.2, 0) is 14.2 Å². The summed E-state index contributed by atoms with van der Waals surface area (Å²) in [6.45, 7) is 9.49. The van der Waals surface area contributed by atoms with E-state index < -0.39 is 0 Å². The fraction of sp³-hybridized carbons (Fsp3) is 1.00. The molecule has 3 N–H and O–H groups in total. The van der Waals surface area contributed by atoms with Gasteiger partial charge >= 0.3 is 0 Å². The van der Waals surface area contributed by atoms with Gasteiger partial charge in [-0.25, -0.2) is 0 Å². The van der Waals surface area contributed by atoms with Crippen molar-refractivity contribution in [2.45, 2.75) is 20.8 Å². The molecule has 0 heterocycles. The summed E-state index contributed by atoms with van der Waals surface area (Å²) in [6, 6.07) is 0. The number of hydrogen-bond acceptors (Lipinski definition) is 6. The van der Waals surface area contributed by atoms with Crippen molar-refractivity contribution in [1.82, 2.24) is 0 Å². The molecule has 0 rings (SSSR count). The average Bonchev–Trinajstić information content (AvgIpc) is 2.38. The molecule has 0 aromatic heterocycles. The molecule has 0 aliphatic rings. The molecule has 0 saturated heterocycles. The van der Waals surface area contributed by atoms with E-state index in [1.54, 1.807) is 6.92 Å². The van der Waals surface area contributed by atoms with Crippen LogP contribution in [-0.4, -0.2) is 74.8 Å². The fourth-order valence-electron chi connectivity index (χ4n) is 0.638. The molecule has 0 aliphatic heterocycles. The van der Waals surface area contributed by atoms with Crippen molar-refractivity contribution in [2.24, 2.45) is 0 Å². The van der Waals surface area contributed by atoms with Crippen LogP contribution in [0.5, 0.6) is 0 Å². The molecule has 0 fully saturated rings. The Morgan fingerprint density at radius 2 is 0.944 bits per heavy atom. The Morgan fingerprint density at radius 3 is 1.28 bits per heavy atom. The van der Waals surface area contributed by atoms with Crippen molar-refractivity contribution in [3.63, 3.8) is 0 Å². The number of ether oxygens (including phenoxy) is 3. The van der Waals surface area contributed by atoms with Gasteiger partial charge < -0.3 is 29.5 Å². The quantitative estimate of drug-likeness (QED) is 0.513. The Balaban J connectivity index is -0.000000216. The molecule has 0 bridgehead atoms. The molecule has 0 spiro atoms. The van der Waals surface area contributed by atoms with Gasteiger partial charge in [-0.2, -0.15) is 0 Å². The zero-order valence-electron chi connectivity index (χ0n) is 11.9. The predicted molar refractivity (Wildman–Crippen MR) is 70.7 cm³/mol. The largest absolute Gasteiger partial charge is 0.397 e. The number of rotatable bonds is 9. The van der Waals surface area contributed by atoms with E-state index in [0.717, 1.165) is 6.61 Å². The van der Waals surface area contributed by atoms with Gasteiger partial charge in [0.25, 0.3) is 0 Å². The topological polar surface area (TPSA) is 88.4 Å². The number of aliphatic hydroxyl groups is 3. The van der Waals surface area contributed by atoms with Crippen LogP contribution in [0.4, 0.5) is 0 Å². The minimum absolute atomic E-state index is 0.0894. The smallest absolute Gasteiger partial charge is 0.0701 e. The van der Waals surface area contributed by atoms with Gasteiger partial charge in [-0.15, -0.1) is 0 Å². The van der Waals surface area contributed by atoms with E-state index in [2.05, 4.69) is 0 Å². The molecule has 114 valence electrons. The van der Waals surface area contributed by atoms with Crippen molar-refractivity contribution in [3.8, 4) is 0 Å². The first kappa shape index (κ1) is 22.9. The van der Waals surface area contributed by atoms with Crippen LogP contribution in [0.2, 0.25) is 0 Å². The van der Waals surface area contributed by atoms with Gasteiger partial charge in [0.1, 0.15) is 0 Å². The van der Waals surface area contributed by atoms with Crippen LogP contribution in [0, 0.1) is 0 Å². The minimum atomic E-state index is 0.0894. The molecule has 0 amide bonds. The molecular weight excluding hydrogens is 240 g/mol. The summed E-state index contributed by atoms with van der Waals surface area (Å²) in [4.78, 5) is 0. The van der Waals surface area contributed by atoms with E-state index in [1.165, 1.54) is 0 Å². The van der Waals surface area contributed by atoms with Crippen LogP contribution in [0.1, 0.15) is 20.8 Å². The minimum Gasteiger partial charge on any atom is -0.397 e. The third-order valence-electron chi connectivity index (χ3n) is 1.25. The molecular formula is C12H30O6. The lowest BCUT2D eigenvalue weighted by molar-refractivity contribution is 0.0370. The second-order valence-electron chi connectivity index (χ2n) is 2.77. The van der Waals surface area contributed by atoms with Gasteiger partial charge in [0, 0.05) is 19.8 Å². The third-order valence-corrected chi connectivity index (χ3v) is 1.25. The number of hydrogen-bond donors (Lipinski definition) is 3. The van der Waals surface area contributed by atoms with Crippen LogP contribution >= 0.6 is 0 Å². The first-order valence-electron chi connectivity index (χ1n) is 6.30. The molecule has 0 unspecified atom stereocenters. The van der Waals surface area contributed by atoms with Crippen LogP contribution < -0.4 is 0 Å². The lowest BCUT2D eigenvalue weighted by Gasteiger charge is -2.00. The van der Waals surface area contributed by atoms with Crippen molar-refractivity contribution in [2.75, 3.05) is 59.5 Å². The molecule has 0 saturated carbocycles. The summed E-state index contributed by atoms with van der Waals surface area (Å²) < 4.78 is 14.6. The van der Waals surface area contributed by atoms with Crippen LogP contribution in [0.15, 0.2) is 0 Å². The summed E-state index contributed by atoms with van der Waals surface area (Å²) in [7, 11) is 0. The number of aliphatic hydroxyl groups excluding tert-OH is 3. The highest BCUT2D eigenvalue weighted by molar-refractivity contribution is 4.28.